The molecule has 0 aromatic carbocycles. The molecule has 8 heteroatoms. The van der Waals surface area contributed by atoms with Crippen LogP contribution in [0.15, 0.2) is 0 Å². The van der Waals surface area contributed by atoms with Crippen molar-refractivity contribution in [3.63, 3.8) is 0 Å². The van der Waals surface area contributed by atoms with Gasteiger partial charge < -0.3 is 9.64 Å². The Morgan fingerprint density at radius 3 is 2.69 bits per heavy atom. The minimum absolute atomic E-state index is 0.0681. The Morgan fingerprint density at radius 1 is 1.14 bits per heavy atom. The molecule has 2 aromatic rings. The van der Waals surface area contributed by atoms with E-state index in [1.54, 1.807) is 11.8 Å². The summed E-state index contributed by atoms with van der Waals surface area (Å²) >= 11 is 0. The van der Waals surface area contributed by atoms with E-state index in [9.17, 15) is 9.59 Å². The van der Waals surface area contributed by atoms with Crippen molar-refractivity contribution in [2.24, 2.45) is 5.92 Å². The molecule has 1 aliphatic heterocycles. The number of carbonyl (C=O) groups is 2. The number of hydrogen-bond acceptors (Lipinski definition) is 5. The van der Waals surface area contributed by atoms with E-state index in [1.807, 2.05) is 4.68 Å². The van der Waals surface area contributed by atoms with E-state index < -0.39 is 5.97 Å². The smallest absolute Gasteiger partial charge is 0.359 e. The number of fused-ring (bicyclic) bond motifs is 2. The average Bonchev–Trinajstić information content (AvgIpc) is 3.29. The molecule has 3 heterocycles. The van der Waals surface area contributed by atoms with Crippen molar-refractivity contribution in [2.75, 3.05) is 13.2 Å². The first-order chi connectivity index (χ1) is 14.0. The molecule has 0 bridgehead atoms. The molecule has 0 saturated heterocycles. The highest BCUT2D eigenvalue weighted by atomic mass is 16.5. The molecule has 0 radical (unpaired) electrons. The number of nitrogens with one attached hydrogen (secondary N) is 1. The molecule has 2 aliphatic rings. The van der Waals surface area contributed by atoms with Gasteiger partial charge in [0.2, 0.25) is 0 Å². The van der Waals surface area contributed by atoms with Crippen LogP contribution in [-0.4, -0.2) is 49.9 Å². The zero-order chi connectivity index (χ0) is 20.5. The van der Waals surface area contributed by atoms with Gasteiger partial charge in [0, 0.05) is 42.0 Å². The quantitative estimate of drug-likeness (QED) is 0.780. The summed E-state index contributed by atoms with van der Waals surface area (Å²) in [6, 6.07) is 0. The largest absolute Gasteiger partial charge is 0.461 e. The predicted octanol–water partition coefficient (Wildman–Crippen LogP) is 2.52. The van der Waals surface area contributed by atoms with Gasteiger partial charge in [-0.3, -0.25) is 14.6 Å². The molecule has 0 spiro atoms. The highest BCUT2D eigenvalue weighted by Gasteiger charge is 2.33. The molecule has 29 heavy (non-hydrogen) atoms. The number of aromatic amines is 1. The monoisotopic (exact) mass is 399 g/mol. The van der Waals surface area contributed by atoms with Crippen LogP contribution in [0.4, 0.5) is 0 Å². The zero-order valence-corrected chi connectivity index (χ0v) is 17.5. The summed E-state index contributed by atoms with van der Waals surface area (Å²) < 4.78 is 7.14. The molecule has 0 saturated carbocycles. The van der Waals surface area contributed by atoms with Gasteiger partial charge >= 0.3 is 5.97 Å². The minimum atomic E-state index is -0.419. The van der Waals surface area contributed by atoms with Crippen molar-refractivity contribution in [3.05, 3.63) is 33.9 Å². The first kappa shape index (κ1) is 19.7. The molecule has 0 fully saturated rings. The summed E-state index contributed by atoms with van der Waals surface area (Å²) in [6.45, 7) is 8.03. The third kappa shape index (κ3) is 3.68. The number of ether oxygens (including phenoxy) is 1. The van der Waals surface area contributed by atoms with Crippen LogP contribution in [-0.2, 0) is 37.1 Å². The second-order valence-electron chi connectivity index (χ2n) is 8.28. The van der Waals surface area contributed by atoms with Gasteiger partial charge in [-0.2, -0.15) is 10.2 Å². The number of esters is 1. The summed E-state index contributed by atoms with van der Waals surface area (Å²) in [5.41, 5.74) is 4.88. The maximum atomic E-state index is 13.2. The van der Waals surface area contributed by atoms with Crippen LogP contribution in [0.3, 0.4) is 0 Å². The van der Waals surface area contributed by atoms with Gasteiger partial charge in [0.1, 0.15) is 0 Å². The third-order valence-corrected chi connectivity index (χ3v) is 5.69. The fourth-order valence-corrected chi connectivity index (χ4v) is 4.33. The molecular weight excluding hydrogens is 370 g/mol. The van der Waals surface area contributed by atoms with E-state index in [0.29, 0.717) is 43.4 Å². The number of amides is 1. The van der Waals surface area contributed by atoms with Crippen LogP contribution in [0, 0.1) is 5.92 Å². The fourth-order valence-electron chi connectivity index (χ4n) is 4.33. The molecule has 1 N–H and O–H groups in total. The van der Waals surface area contributed by atoms with Crippen LogP contribution < -0.4 is 0 Å². The van der Waals surface area contributed by atoms with Crippen molar-refractivity contribution < 1.29 is 14.3 Å². The number of hydrogen-bond donors (Lipinski definition) is 1. The summed E-state index contributed by atoms with van der Waals surface area (Å²) in [4.78, 5) is 27.5. The Hall–Kier alpha value is -2.64. The standard InChI is InChI=1S/C21H29N5O3/c1-4-29-21(28)19-15-12-25(10-9-17(15)26(24-19)11-13(2)3)20(27)18-14-7-5-6-8-16(14)22-23-18/h13H,4-12H2,1-3H3,(H,22,23). The number of aryl methyl sites for hydroxylation is 1. The van der Waals surface area contributed by atoms with E-state index in [2.05, 4.69) is 29.1 Å². The summed E-state index contributed by atoms with van der Waals surface area (Å²) in [7, 11) is 0. The van der Waals surface area contributed by atoms with Crippen LogP contribution in [0.2, 0.25) is 0 Å². The van der Waals surface area contributed by atoms with Crippen molar-refractivity contribution in [2.45, 2.75) is 66.0 Å². The Bertz CT molecular complexity index is 927. The number of rotatable bonds is 5. The highest BCUT2D eigenvalue weighted by molar-refractivity contribution is 5.95. The molecule has 2 aromatic heterocycles. The van der Waals surface area contributed by atoms with E-state index >= 15 is 0 Å². The Balaban J connectivity index is 1.63. The molecule has 4 rings (SSSR count). The summed E-state index contributed by atoms with van der Waals surface area (Å²) in [5, 5.41) is 11.9. The Kier molecular flexibility index (Phi) is 5.43. The average molecular weight is 399 g/mol. The molecule has 156 valence electrons. The summed E-state index contributed by atoms with van der Waals surface area (Å²) in [6.07, 6.45) is 4.74. The normalized spacial score (nSPS) is 15.9. The van der Waals surface area contributed by atoms with Gasteiger partial charge in [0.25, 0.3) is 5.91 Å². The van der Waals surface area contributed by atoms with Gasteiger partial charge in [-0.1, -0.05) is 13.8 Å². The SMILES string of the molecule is CCOC(=O)c1nn(CC(C)C)c2c1CN(C(=O)c1n[nH]c3c1CCCC3)CC2. The van der Waals surface area contributed by atoms with Crippen molar-refractivity contribution in [3.8, 4) is 0 Å². The maximum Gasteiger partial charge on any atom is 0.359 e. The lowest BCUT2D eigenvalue weighted by Gasteiger charge is -2.28. The molecule has 8 nitrogen and oxygen atoms in total. The topological polar surface area (TPSA) is 93.1 Å². The fraction of sp³-hybridized carbons (Fsp3) is 0.619. The summed E-state index contributed by atoms with van der Waals surface area (Å²) in [5.74, 6) is -0.0801. The molecule has 0 atom stereocenters. The Morgan fingerprint density at radius 2 is 1.93 bits per heavy atom. The number of carbonyl (C=O) groups excluding carboxylic acids is 2. The van der Waals surface area contributed by atoms with Crippen molar-refractivity contribution in [1.29, 1.82) is 0 Å². The van der Waals surface area contributed by atoms with Crippen LogP contribution in [0.1, 0.15) is 77.1 Å². The van der Waals surface area contributed by atoms with E-state index in [1.165, 1.54) is 0 Å². The molecular formula is C21H29N5O3. The first-order valence-corrected chi connectivity index (χ1v) is 10.6. The van der Waals surface area contributed by atoms with Gasteiger partial charge in [0.15, 0.2) is 11.4 Å². The predicted molar refractivity (Wildman–Crippen MR) is 107 cm³/mol. The lowest BCUT2D eigenvalue weighted by molar-refractivity contribution is 0.0512. The highest BCUT2D eigenvalue weighted by Crippen LogP contribution is 2.28. The maximum absolute atomic E-state index is 13.2. The third-order valence-electron chi connectivity index (χ3n) is 5.69. The van der Waals surface area contributed by atoms with Crippen LogP contribution in [0.5, 0.6) is 0 Å². The van der Waals surface area contributed by atoms with Gasteiger partial charge in [0.05, 0.1) is 13.2 Å². The number of H-pyrrole nitrogens is 1. The van der Waals surface area contributed by atoms with Gasteiger partial charge in [-0.25, -0.2) is 4.79 Å². The van der Waals surface area contributed by atoms with E-state index in [0.717, 1.165) is 54.7 Å². The molecule has 0 unspecified atom stereocenters. The van der Waals surface area contributed by atoms with Gasteiger partial charge in [-0.05, 0) is 38.5 Å². The lowest BCUT2D eigenvalue weighted by Crippen LogP contribution is -2.37. The van der Waals surface area contributed by atoms with Crippen LogP contribution in [0.25, 0.3) is 0 Å². The van der Waals surface area contributed by atoms with E-state index in [-0.39, 0.29) is 5.91 Å². The zero-order valence-electron chi connectivity index (χ0n) is 17.5. The van der Waals surface area contributed by atoms with Crippen LogP contribution >= 0.6 is 0 Å². The minimum Gasteiger partial charge on any atom is -0.461 e. The van der Waals surface area contributed by atoms with E-state index in [4.69, 9.17) is 4.74 Å². The van der Waals surface area contributed by atoms with Crippen molar-refractivity contribution >= 4 is 11.9 Å². The first-order valence-electron chi connectivity index (χ1n) is 10.6. The number of nitrogens with zero attached hydrogens (tertiary/aromatic N) is 4. The Labute approximate surface area is 170 Å². The second kappa shape index (κ2) is 8.00. The molecule has 1 aliphatic carbocycles. The second-order valence-corrected chi connectivity index (χ2v) is 8.28. The number of aromatic nitrogens is 4. The lowest BCUT2D eigenvalue weighted by atomic mass is 9.95. The van der Waals surface area contributed by atoms with Gasteiger partial charge in [-0.15, -0.1) is 0 Å². The molecule has 1 amide bonds. The van der Waals surface area contributed by atoms with Crippen molar-refractivity contribution in [1.82, 2.24) is 24.9 Å².